The van der Waals surface area contributed by atoms with Crippen molar-refractivity contribution < 1.29 is 4.57 Å². The van der Waals surface area contributed by atoms with E-state index in [1.807, 2.05) is 0 Å². The maximum atomic E-state index is 2.12. The molecule has 0 aliphatic heterocycles. The van der Waals surface area contributed by atoms with Crippen molar-refractivity contribution >= 4 is 10.9 Å². The number of benzene rings is 1. The molecular weight excluding hydrogens is 134 g/mol. The lowest BCUT2D eigenvalue weighted by Crippen LogP contribution is -2.27. The lowest BCUT2D eigenvalue weighted by atomic mass is 10.2. The van der Waals surface area contributed by atoms with Gasteiger partial charge in [-0.15, -0.1) is 0 Å². The third-order valence-corrected chi connectivity index (χ3v) is 1.90. The Morgan fingerprint density at radius 1 is 1.00 bits per heavy atom. The van der Waals surface area contributed by atoms with Crippen molar-refractivity contribution in [2.75, 3.05) is 0 Å². The largest absolute Gasteiger partial charge is 0.212 e. The Labute approximate surface area is 65.9 Å². The van der Waals surface area contributed by atoms with Gasteiger partial charge in [-0.05, 0) is 12.1 Å². The van der Waals surface area contributed by atoms with E-state index in [1.54, 1.807) is 0 Å². The van der Waals surface area contributed by atoms with E-state index in [9.17, 15) is 0 Å². The lowest BCUT2D eigenvalue weighted by Gasteiger charge is -1.93. The van der Waals surface area contributed by atoms with Crippen LogP contribution in [0, 0.1) is 0 Å². The molecule has 1 aromatic heterocycles. The Morgan fingerprint density at radius 2 is 1.73 bits per heavy atom. The minimum atomic E-state index is 1.27. The fourth-order valence-corrected chi connectivity index (χ4v) is 1.31. The van der Waals surface area contributed by atoms with Gasteiger partial charge in [-0.3, -0.25) is 0 Å². The zero-order valence-corrected chi connectivity index (χ0v) is 6.49. The molecule has 54 valence electrons. The van der Waals surface area contributed by atoms with Crippen LogP contribution in [0.1, 0.15) is 0 Å². The van der Waals surface area contributed by atoms with E-state index in [-0.39, 0.29) is 0 Å². The Bertz CT molecular complexity index is 374. The Balaban J connectivity index is 2.91. The molecule has 0 spiro atoms. The van der Waals surface area contributed by atoms with Gasteiger partial charge in [0.1, 0.15) is 7.05 Å². The molecule has 0 bridgehead atoms. The minimum absolute atomic E-state index is 1.27. The summed E-state index contributed by atoms with van der Waals surface area (Å²) in [4.78, 5) is 0. The number of pyridine rings is 1. The van der Waals surface area contributed by atoms with Gasteiger partial charge >= 0.3 is 0 Å². The average molecular weight is 144 g/mol. The quantitative estimate of drug-likeness (QED) is 0.495. The van der Waals surface area contributed by atoms with Crippen molar-refractivity contribution in [1.29, 1.82) is 0 Å². The second kappa shape index (κ2) is 2.35. The van der Waals surface area contributed by atoms with Crippen molar-refractivity contribution in [3.63, 3.8) is 0 Å². The number of nitrogens with zero attached hydrogens (tertiary/aromatic N) is 1. The smallest absolute Gasteiger partial charge is 0.201 e. The number of fused-ring (bicyclic) bond motifs is 1. The summed E-state index contributed by atoms with van der Waals surface area (Å²) in [7, 11) is 2.06. The molecule has 1 aromatic carbocycles. The maximum absolute atomic E-state index is 2.12. The number of aromatic nitrogens is 1. The molecule has 0 aliphatic rings. The molecule has 0 N–H and O–H groups in total. The van der Waals surface area contributed by atoms with Gasteiger partial charge in [-0.25, -0.2) is 4.57 Å². The lowest BCUT2D eigenvalue weighted by molar-refractivity contribution is -0.644. The second-order valence-corrected chi connectivity index (χ2v) is 2.68. The van der Waals surface area contributed by atoms with Crippen LogP contribution in [0.3, 0.4) is 0 Å². The molecule has 0 unspecified atom stereocenters. The SMILES string of the molecule is C[n+]1cccc2ccccc21. The van der Waals surface area contributed by atoms with E-state index in [0.717, 1.165) is 0 Å². The van der Waals surface area contributed by atoms with Gasteiger partial charge in [0.15, 0.2) is 6.20 Å². The predicted octanol–water partition coefficient (Wildman–Crippen LogP) is 1.66. The highest BCUT2D eigenvalue weighted by atomic mass is 14.9. The maximum Gasteiger partial charge on any atom is 0.212 e. The monoisotopic (exact) mass is 144 g/mol. The van der Waals surface area contributed by atoms with E-state index in [0.29, 0.717) is 0 Å². The summed E-state index contributed by atoms with van der Waals surface area (Å²) in [5.41, 5.74) is 1.27. The van der Waals surface area contributed by atoms with Gasteiger partial charge < -0.3 is 0 Å². The number of hydrogen-bond acceptors (Lipinski definition) is 0. The normalized spacial score (nSPS) is 10.3. The minimum Gasteiger partial charge on any atom is -0.201 e. The van der Waals surface area contributed by atoms with Gasteiger partial charge in [0.25, 0.3) is 0 Å². The fourth-order valence-electron chi connectivity index (χ4n) is 1.31. The van der Waals surface area contributed by atoms with Crippen LogP contribution in [0.4, 0.5) is 0 Å². The van der Waals surface area contributed by atoms with Crippen LogP contribution in [0.15, 0.2) is 42.6 Å². The molecule has 0 saturated carbocycles. The predicted molar refractivity (Wildman–Crippen MR) is 45.1 cm³/mol. The molecule has 1 nitrogen and oxygen atoms in total. The van der Waals surface area contributed by atoms with Crippen LogP contribution in [-0.2, 0) is 7.05 Å². The fraction of sp³-hybridized carbons (Fsp3) is 0.100. The van der Waals surface area contributed by atoms with Crippen LogP contribution in [0.25, 0.3) is 10.9 Å². The first kappa shape index (κ1) is 6.35. The molecule has 0 aliphatic carbocycles. The van der Waals surface area contributed by atoms with Crippen LogP contribution in [0.5, 0.6) is 0 Å². The zero-order chi connectivity index (χ0) is 7.68. The van der Waals surface area contributed by atoms with Gasteiger partial charge in [-0.2, -0.15) is 0 Å². The van der Waals surface area contributed by atoms with Gasteiger partial charge in [0.05, 0.1) is 0 Å². The third-order valence-electron chi connectivity index (χ3n) is 1.90. The molecule has 0 fully saturated rings. The van der Waals surface area contributed by atoms with E-state index in [2.05, 4.69) is 54.2 Å². The molecule has 0 radical (unpaired) electrons. The highest BCUT2D eigenvalue weighted by molar-refractivity contribution is 5.74. The molecule has 11 heavy (non-hydrogen) atoms. The molecular formula is C10H10N+. The third kappa shape index (κ3) is 0.984. The van der Waals surface area contributed by atoms with Crippen LogP contribution in [-0.4, -0.2) is 0 Å². The standard InChI is InChI=1S/C10H10N/c1-11-8-4-6-9-5-2-3-7-10(9)11/h2-8H,1H3/q+1. The van der Waals surface area contributed by atoms with E-state index in [4.69, 9.17) is 0 Å². The number of hydrogen-bond donors (Lipinski definition) is 0. The molecule has 1 heteroatoms. The molecule has 2 aromatic rings. The van der Waals surface area contributed by atoms with Crippen molar-refractivity contribution in [3.05, 3.63) is 42.6 Å². The summed E-state index contributed by atoms with van der Waals surface area (Å²) in [5, 5.41) is 1.29. The summed E-state index contributed by atoms with van der Waals surface area (Å²) >= 11 is 0. The molecule has 0 atom stereocenters. The summed E-state index contributed by atoms with van der Waals surface area (Å²) in [6.45, 7) is 0. The summed E-state index contributed by atoms with van der Waals surface area (Å²) < 4.78 is 2.12. The van der Waals surface area contributed by atoms with E-state index >= 15 is 0 Å². The van der Waals surface area contributed by atoms with Crippen molar-refractivity contribution in [3.8, 4) is 0 Å². The van der Waals surface area contributed by atoms with Gasteiger partial charge in [-0.1, -0.05) is 12.1 Å². The number of para-hydroxylation sites is 1. The van der Waals surface area contributed by atoms with Crippen molar-refractivity contribution in [2.24, 2.45) is 7.05 Å². The van der Waals surface area contributed by atoms with Crippen molar-refractivity contribution in [2.45, 2.75) is 0 Å². The van der Waals surface area contributed by atoms with Crippen molar-refractivity contribution in [1.82, 2.24) is 0 Å². The Morgan fingerprint density at radius 3 is 2.55 bits per heavy atom. The first-order valence-electron chi connectivity index (χ1n) is 3.71. The van der Waals surface area contributed by atoms with Gasteiger partial charge in [0.2, 0.25) is 5.52 Å². The molecule has 0 amide bonds. The molecule has 0 saturated heterocycles. The first-order valence-corrected chi connectivity index (χ1v) is 3.71. The molecule has 2 rings (SSSR count). The zero-order valence-electron chi connectivity index (χ0n) is 6.49. The highest BCUT2D eigenvalue weighted by Gasteiger charge is 1.99. The Kier molecular flexibility index (Phi) is 1.35. The summed E-state index contributed by atoms with van der Waals surface area (Å²) in [6.07, 6.45) is 2.06. The van der Waals surface area contributed by atoms with Crippen LogP contribution in [0.2, 0.25) is 0 Å². The first-order chi connectivity index (χ1) is 5.38. The summed E-state index contributed by atoms with van der Waals surface area (Å²) in [6, 6.07) is 12.5. The molecule has 1 heterocycles. The van der Waals surface area contributed by atoms with E-state index in [1.165, 1.54) is 10.9 Å². The Hall–Kier alpha value is -1.37. The summed E-state index contributed by atoms with van der Waals surface area (Å²) in [5.74, 6) is 0. The second-order valence-electron chi connectivity index (χ2n) is 2.68. The van der Waals surface area contributed by atoms with Crippen LogP contribution < -0.4 is 4.57 Å². The van der Waals surface area contributed by atoms with E-state index < -0.39 is 0 Å². The van der Waals surface area contributed by atoms with Gasteiger partial charge in [0, 0.05) is 17.5 Å². The average Bonchev–Trinajstić information content (AvgIpc) is 2.06. The van der Waals surface area contributed by atoms with Crippen LogP contribution >= 0.6 is 0 Å². The topological polar surface area (TPSA) is 3.88 Å². The number of aryl methyl sites for hydroxylation is 1. The highest BCUT2D eigenvalue weighted by Crippen LogP contribution is 2.06. The number of rotatable bonds is 0.